The van der Waals surface area contributed by atoms with Crippen molar-refractivity contribution in [1.82, 2.24) is 19.1 Å². The third-order valence-electron chi connectivity index (χ3n) is 13.7. The summed E-state index contributed by atoms with van der Waals surface area (Å²) in [6, 6.07) is 12.0. The molecule has 3 aromatic rings. The van der Waals surface area contributed by atoms with Gasteiger partial charge in [0.1, 0.15) is 5.75 Å². The van der Waals surface area contributed by atoms with Crippen LogP contribution in [0.5, 0.6) is 5.75 Å². The molecule has 6 aliphatic rings. The second-order valence-electron chi connectivity index (χ2n) is 16.8. The molecular formula is C40H50N4O6S. The minimum absolute atomic E-state index is 0.0242. The molecule has 51 heavy (non-hydrogen) atoms. The van der Waals surface area contributed by atoms with Crippen LogP contribution in [0, 0.1) is 16.2 Å². The van der Waals surface area contributed by atoms with Gasteiger partial charge in [-0.1, -0.05) is 32.3 Å². The van der Waals surface area contributed by atoms with E-state index in [1.54, 1.807) is 27.0 Å². The predicted molar refractivity (Wildman–Crippen MR) is 195 cm³/mol. The monoisotopic (exact) mass is 714 g/mol. The van der Waals surface area contributed by atoms with Crippen molar-refractivity contribution in [3.63, 3.8) is 0 Å². The Balaban J connectivity index is 1.19. The lowest BCUT2D eigenvalue weighted by molar-refractivity contribution is -0.138. The summed E-state index contributed by atoms with van der Waals surface area (Å²) in [5.74, 6) is 0.782. The quantitative estimate of drug-likeness (QED) is 0.344. The summed E-state index contributed by atoms with van der Waals surface area (Å²) in [5.41, 5.74) is 5.24. The Kier molecular flexibility index (Phi) is 7.57. The van der Waals surface area contributed by atoms with Gasteiger partial charge in [0, 0.05) is 71.5 Å². The molecule has 11 heteroatoms. The number of hydrogen-bond donors (Lipinski definition) is 1. The van der Waals surface area contributed by atoms with Crippen LogP contribution < -0.4 is 9.46 Å². The van der Waals surface area contributed by atoms with Crippen LogP contribution >= 0.6 is 0 Å². The smallest absolute Gasteiger partial charge is 0.264 e. The lowest BCUT2D eigenvalue weighted by Gasteiger charge is -2.30. The highest BCUT2D eigenvalue weighted by molar-refractivity contribution is 7.90. The highest BCUT2D eigenvalue weighted by atomic mass is 32.2. The number of nitrogens with zero attached hydrogens (tertiary/aromatic N) is 3. The first-order chi connectivity index (χ1) is 24.4. The van der Waals surface area contributed by atoms with E-state index in [-0.39, 0.29) is 22.7 Å². The third kappa shape index (κ3) is 4.82. The lowest BCUT2D eigenvalue weighted by Crippen LogP contribution is -2.43. The topological polar surface area (TPSA) is 110 Å². The number of ether oxygens (including phenoxy) is 2. The largest absolute Gasteiger partial charge is 0.497 e. The van der Waals surface area contributed by atoms with Crippen LogP contribution in [0.2, 0.25) is 0 Å². The van der Waals surface area contributed by atoms with Gasteiger partial charge in [0.2, 0.25) is 15.9 Å². The van der Waals surface area contributed by atoms with Gasteiger partial charge >= 0.3 is 0 Å². The molecule has 5 heterocycles. The molecule has 5 fully saturated rings. The summed E-state index contributed by atoms with van der Waals surface area (Å²) in [7, 11) is -2.12. The number of carbonyl (C=O) groups is 2. The number of amides is 2. The molecule has 0 spiro atoms. The van der Waals surface area contributed by atoms with Gasteiger partial charge < -0.3 is 23.8 Å². The molecule has 4 aliphatic heterocycles. The zero-order valence-corrected chi connectivity index (χ0v) is 31.1. The summed E-state index contributed by atoms with van der Waals surface area (Å²) in [6.07, 6.45) is 6.51. The molecule has 1 aromatic heterocycles. The first kappa shape index (κ1) is 33.4. The van der Waals surface area contributed by atoms with E-state index in [4.69, 9.17) is 9.47 Å². The van der Waals surface area contributed by atoms with Gasteiger partial charge in [-0.2, -0.15) is 0 Å². The van der Waals surface area contributed by atoms with Crippen LogP contribution in [-0.4, -0.2) is 92.9 Å². The molecule has 9 rings (SSSR count). The van der Waals surface area contributed by atoms with Gasteiger partial charge in [-0.15, -0.1) is 0 Å². The molecule has 2 amide bonds. The number of rotatable bonds is 7. The summed E-state index contributed by atoms with van der Waals surface area (Å²) < 4.78 is 42.0. The first-order valence-electron chi connectivity index (χ1n) is 18.9. The standard InChI is InChI=1S/C40H50N4O6S/c1-5-42-18-38-20-43(21-39(38,19-42)24-50-23-38)37(46)40-17-32(40)31-16-28(49-4)12-14-29(31)35-34(26-9-7-6-8-10-26)30-13-11-27(15-33(30)44(35)22-40)36(45)41-51(47,48)25(2)3/h11-16,25-26,32H,5-10,17-24H2,1-4H3,(H,41,45). The molecule has 4 unspecified atom stereocenters. The number of nitrogens with one attached hydrogen (secondary N) is 1. The Morgan fingerprint density at radius 2 is 1.71 bits per heavy atom. The average Bonchev–Trinajstić information content (AvgIpc) is 3.31. The molecule has 0 bridgehead atoms. The summed E-state index contributed by atoms with van der Waals surface area (Å²) in [6.45, 7) is 11.7. The van der Waals surface area contributed by atoms with Crippen LogP contribution in [0.25, 0.3) is 22.2 Å². The maximum atomic E-state index is 15.2. The van der Waals surface area contributed by atoms with Crippen molar-refractivity contribution in [2.75, 3.05) is 53.0 Å². The Labute approximate surface area is 300 Å². The Hall–Kier alpha value is -3.41. The number of hydrogen-bond acceptors (Lipinski definition) is 7. The maximum absolute atomic E-state index is 15.2. The van der Waals surface area contributed by atoms with Gasteiger partial charge in [-0.3, -0.25) is 9.59 Å². The number of carbonyl (C=O) groups excluding carboxylic acids is 2. The SMILES string of the molecule is CCN1CC23COCC2(C1)CN(C(=O)C12CC1c1cc(OC)ccc1-c1c(C4CCCCC4)c4ccc(C(=O)NS(=O)(=O)C(C)C)cc4n1C2)C3. The number of sulfonamides is 1. The second-order valence-corrected chi connectivity index (χ2v) is 19.1. The molecule has 0 radical (unpaired) electrons. The van der Waals surface area contributed by atoms with Crippen LogP contribution in [-0.2, 0) is 26.1 Å². The van der Waals surface area contributed by atoms with E-state index in [2.05, 4.69) is 38.1 Å². The molecule has 1 N–H and O–H groups in total. The van der Waals surface area contributed by atoms with Crippen molar-refractivity contribution in [2.24, 2.45) is 16.2 Å². The van der Waals surface area contributed by atoms with Crippen LogP contribution in [0.3, 0.4) is 0 Å². The summed E-state index contributed by atoms with van der Waals surface area (Å²) in [4.78, 5) is 33.4. The maximum Gasteiger partial charge on any atom is 0.264 e. The summed E-state index contributed by atoms with van der Waals surface area (Å²) >= 11 is 0. The molecular weight excluding hydrogens is 665 g/mol. The van der Waals surface area contributed by atoms with E-state index >= 15 is 4.79 Å². The molecule has 2 aliphatic carbocycles. The second kappa shape index (κ2) is 11.5. The molecule has 4 atom stereocenters. The van der Waals surface area contributed by atoms with Crippen molar-refractivity contribution >= 4 is 32.7 Å². The Morgan fingerprint density at radius 3 is 2.37 bits per heavy atom. The fourth-order valence-electron chi connectivity index (χ4n) is 10.8. The van der Waals surface area contributed by atoms with Crippen LogP contribution in [0.4, 0.5) is 0 Å². The van der Waals surface area contributed by atoms with Crippen LogP contribution in [0.1, 0.15) is 92.6 Å². The zero-order valence-electron chi connectivity index (χ0n) is 30.3. The van der Waals surface area contributed by atoms with Gasteiger partial charge in [0.15, 0.2) is 0 Å². The molecule has 3 saturated heterocycles. The van der Waals surface area contributed by atoms with E-state index in [0.717, 1.165) is 79.9 Å². The number of aromatic nitrogens is 1. The number of fused-ring (bicyclic) bond motifs is 7. The molecule has 2 aromatic carbocycles. The van der Waals surface area contributed by atoms with Gasteiger partial charge in [0.05, 0.1) is 36.7 Å². The third-order valence-corrected chi connectivity index (χ3v) is 15.4. The van der Waals surface area contributed by atoms with Crippen LogP contribution in [0.15, 0.2) is 36.4 Å². The fraction of sp³-hybridized carbons (Fsp3) is 0.600. The van der Waals surface area contributed by atoms with E-state index in [0.29, 0.717) is 31.2 Å². The minimum Gasteiger partial charge on any atom is -0.497 e. The van der Waals surface area contributed by atoms with Crippen molar-refractivity contribution in [3.05, 3.63) is 53.1 Å². The molecule has 10 nitrogen and oxygen atoms in total. The predicted octanol–water partition coefficient (Wildman–Crippen LogP) is 5.50. The van der Waals surface area contributed by atoms with Gasteiger partial charge in [-0.05, 0) is 87.0 Å². The number of likely N-dealkylation sites (tertiary alicyclic amines) is 2. The normalized spacial score (nSPS) is 30.1. The Bertz CT molecular complexity index is 2050. The van der Waals surface area contributed by atoms with E-state index in [9.17, 15) is 13.2 Å². The first-order valence-corrected chi connectivity index (χ1v) is 20.5. The average molecular weight is 715 g/mol. The fourth-order valence-corrected chi connectivity index (χ4v) is 11.4. The highest BCUT2D eigenvalue weighted by Crippen LogP contribution is 2.67. The molecule has 272 valence electrons. The van der Waals surface area contributed by atoms with E-state index < -0.39 is 26.6 Å². The molecule has 2 saturated carbocycles. The van der Waals surface area contributed by atoms with Gasteiger partial charge in [0.25, 0.3) is 5.91 Å². The Morgan fingerprint density at radius 1 is 0.980 bits per heavy atom. The van der Waals surface area contributed by atoms with Crippen molar-refractivity contribution in [2.45, 2.75) is 82.9 Å². The highest BCUT2D eigenvalue weighted by Gasteiger charge is 2.70. The van der Waals surface area contributed by atoms with Crippen molar-refractivity contribution in [3.8, 4) is 17.0 Å². The van der Waals surface area contributed by atoms with Crippen molar-refractivity contribution in [1.29, 1.82) is 0 Å². The number of methoxy groups -OCH3 is 1. The van der Waals surface area contributed by atoms with E-state index in [1.165, 1.54) is 30.4 Å². The minimum atomic E-state index is -3.81. The van der Waals surface area contributed by atoms with Gasteiger partial charge in [-0.25, -0.2) is 13.1 Å². The number of benzene rings is 2. The summed E-state index contributed by atoms with van der Waals surface area (Å²) in [5, 5.41) is 0.350. The van der Waals surface area contributed by atoms with E-state index in [1.807, 2.05) is 18.2 Å². The lowest BCUT2D eigenvalue weighted by atomic mass is 9.71. The van der Waals surface area contributed by atoms with Crippen molar-refractivity contribution < 1.29 is 27.5 Å². The zero-order chi connectivity index (χ0) is 35.5.